The number of nitrogens with one attached hydrogen (secondary N) is 1. The van der Waals surface area contributed by atoms with Crippen molar-refractivity contribution in [1.29, 1.82) is 0 Å². The Morgan fingerprint density at radius 2 is 2.04 bits per heavy atom. The number of aromatic nitrogens is 8. The van der Waals surface area contributed by atoms with Gasteiger partial charge in [0.15, 0.2) is 5.65 Å². The van der Waals surface area contributed by atoms with Crippen LogP contribution in [0.25, 0.3) is 17.0 Å². The molecule has 0 radical (unpaired) electrons. The van der Waals surface area contributed by atoms with Gasteiger partial charge in [0, 0.05) is 38.4 Å². The highest BCUT2D eigenvalue weighted by Gasteiger charge is 2.10. The van der Waals surface area contributed by atoms with Crippen molar-refractivity contribution in [3.8, 4) is 11.4 Å². The number of rotatable bonds is 7. The van der Waals surface area contributed by atoms with E-state index in [1.165, 1.54) is 0 Å². The molecule has 4 aromatic heterocycles. The summed E-state index contributed by atoms with van der Waals surface area (Å²) < 4.78 is 8.95. The highest BCUT2D eigenvalue weighted by atomic mass is 16.5. The van der Waals surface area contributed by atoms with E-state index in [1.54, 1.807) is 29.5 Å². The van der Waals surface area contributed by atoms with Crippen LogP contribution in [-0.4, -0.2) is 52.5 Å². The Bertz CT molecular complexity index is 1060. The summed E-state index contributed by atoms with van der Waals surface area (Å²) in [6.07, 6.45) is 5.78. The molecule has 0 aliphatic carbocycles. The fourth-order valence-corrected chi connectivity index (χ4v) is 2.63. The van der Waals surface area contributed by atoms with Gasteiger partial charge < -0.3 is 10.1 Å². The predicted molar refractivity (Wildman–Crippen MR) is 98.5 cm³/mol. The number of hydrogen-bond donors (Lipinski definition) is 1. The first-order valence-corrected chi connectivity index (χ1v) is 8.60. The first-order valence-electron chi connectivity index (χ1n) is 8.60. The van der Waals surface area contributed by atoms with Crippen molar-refractivity contribution >= 4 is 17.4 Å². The van der Waals surface area contributed by atoms with Gasteiger partial charge in [-0.1, -0.05) is 0 Å². The summed E-state index contributed by atoms with van der Waals surface area (Å²) in [6, 6.07) is 5.51. The molecule has 1 N–H and O–H groups in total. The first kappa shape index (κ1) is 17.0. The van der Waals surface area contributed by atoms with Crippen molar-refractivity contribution in [2.45, 2.75) is 13.3 Å². The fourth-order valence-electron chi connectivity index (χ4n) is 2.63. The Balaban J connectivity index is 1.59. The largest absolute Gasteiger partial charge is 0.381 e. The van der Waals surface area contributed by atoms with Crippen LogP contribution in [0, 0.1) is 0 Å². The van der Waals surface area contributed by atoms with Crippen LogP contribution in [0.1, 0.15) is 12.7 Å². The summed E-state index contributed by atoms with van der Waals surface area (Å²) in [5, 5.41) is 15.7. The van der Waals surface area contributed by atoms with Crippen LogP contribution in [0.5, 0.6) is 0 Å². The lowest BCUT2D eigenvalue weighted by Gasteiger charge is -2.06. The lowest BCUT2D eigenvalue weighted by atomic mass is 10.3. The number of nitrogens with zero attached hydrogens (tertiary/aromatic N) is 8. The maximum Gasteiger partial charge on any atom is 0.228 e. The van der Waals surface area contributed by atoms with Crippen molar-refractivity contribution in [1.82, 2.24) is 39.3 Å². The van der Waals surface area contributed by atoms with Crippen molar-refractivity contribution in [3.63, 3.8) is 0 Å². The van der Waals surface area contributed by atoms with Gasteiger partial charge in [-0.25, -0.2) is 15.0 Å². The molecule has 0 saturated carbocycles. The summed E-state index contributed by atoms with van der Waals surface area (Å²) in [7, 11) is 1.84. The molecule has 0 spiro atoms. The van der Waals surface area contributed by atoms with E-state index >= 15 is 0 Å². The molecule has 0 aromatic carbocycles. The number of aryl methyl sites for hydroxylation is 1. The molecule has 0 aliphatic rings. The van der Waals surface area contributed by atoms with Gasteiger partial charge in [0.05, 0.1) is 24.2 Å². The van der Waals surface area contributed by atoms with Gasteiger partial charge >= 0.3 is 0 Å². The lowest BCUT2D eigenvalue weighted by Crippen LogP contribution is -2.04. The molecule has 138 valence electrons. The highest BCUT2D eigenvalue weighted by Crippen LogP contribution is 2.18. The molecule has 10 heteroatoms. The summed E-state index contributed by atoms with van der Waals surface area (Å²) in [5.74, 6) is 2.09. The second kappa shape index (κ2) is 7.46. The standard InChI is InChI=1S/C17H19N9O/c1-3-27-9-6-15-23-24-16-10-13(19-11-26(15)16)12-4-7-18-17(21-12)22-14-5-8-20-25(14)2/h4-5,7-8,10-11H,3,6,9H2,1-2H3,(H,18,21,22). The van der Waals surface area contributed by atoms with E-state index < -0.39 is 0 Å². The Kier molecular flexibility index (Phi) is 4.71. The molecule has 10 nitrogen and oxygen atoms in total. The van der Waals surface area contributed by atoms with Crippen LogP contribution in [0.4, 0.5) is 11.8 Å². The van der Waals surface area contributed by atoms with Gasteiger partial charge in [-0.05, 0) is 13.0 Å². The molecular weight excluding hydrogens is 346 g/mol. The maximum atomic E-state index is 5.38. The third-order valence-electron chi connectivity index (χ3n) is 4.02. The normalized spacial score (nSPS) is 11.2. The van der Waals surface area contributed by atoms with E-state index in [9.17, 15) is 0 Å². The smallest absolute Gasteiger partial charge is 0.228 e. The van der Waals surface area contributed by atoms with E-state index in [-0.39, 0.29) is 0 Å². The summed E-state index contributed by atoms with van der Waals surface area (Å²) in [4.78, 5) is 13.3. The minimum atomic E-state index is 0.469. The summed E-state index contributed by atoms with van der Waals surface area (Å²) >= 11 is 0. The third-order valence-corrected chi connectivity index (χ3v) is 4.02. The summed E-state index contributed by atoms with van der Waals surface area (Å²) in [5.41, 5.74) is 2.10. The van der Waals surface area contributed by atoms with Crippen molar-refractivity contribution < 1.29 is 4.74 Å². The molecule has 0 atom stereocenters. The lowest BCUT2D eigenvalue weighted by molar-refractivity contribution is 0.149. The summed E-state index contributed by atoms with van der Waals surface area (Å²) in [6.45, 7) is 3.25. The van der Waals surface area contributed by atoms with Crippen LogP contribution in [-0.2, 0) is 18.2 Å². The molecule has 27 heavy (non-hydrogen) atoms. The van der Waals surface area contributed by atoms with Crippen molar-refractivity contribution in [2.75, 3.05) is 18.5 Å². The average Bonchev–Trinajstić information content (AvgIpc) is 3.28. The zero-order valence-electron chi connectivity index (χ0n) is 15.1. The van der Waals surface area contributed by atoms with Crippen LogP contribution < -0.4 is 5.32 Å². The molecule has 0 unspecified atom stereocenters. The minimum absolute atomic E-state index is 0.469. The monoisotopic (exact) mass is 365 g/mol. The van der Waals surface area contributed by atoms with E-state index in [0.29, 0.717) is 42.6 Å². The van der Waals surface area contributed by atoms with Crippen molar-refractivity contribution in [2.24, 2.45) is 7.05 Å². The Morgan fingerprint density at radius 3 is 2.85 bits per heavy atom. The number of anilines is 2. The first-order chi connectivity index (χ1) is 13.2. The van der Waals surface area contributed by atoms with Gasteiger partial charge in [-0.15, -0.1) is 10.2 Å². The topological polar surface area (TPSA) is 108 Å². The van der Waals surface area contributed by atoms with E-state index in [1.807, 2.05) is 30.5 Å². The number of ether oxygens (including phenoxy) is 1. The predicted octanol–water partition coefficient (Wildman–Crippen LogP) is 1.64. The van der Waals surface area contributed by atoms with Gasteiger partial charge in [0.1, 0.15) is 18.0 Å². The fraction of sp³-hybridized carbons (Fsp3) is 0.294. The maximum absolute atomic E-state index is 5.38. The molecule has 4 aromatic rings. The van der Waals surface area contributed by atoms with Gasteiger partial charge in [0.25, 0.3) is 0 Å². The molecular formula is C17H19N9O. The zero-order chi connectivity index (χ0) is 18.6. The number of fused-ring (bicyclic) bond motifs is 1. The number of hydrogen-bond acceptors (Lipinski definition) is 8. The van der Waals surface area contributed by atoms with E-state index in [2.05, 4.69) is 35.6 Å². The molecule has 4 rings (SSSR count). The molecule has 0 aliphatic heterocycles. The molecule has 0 bridgehead atoms. The van der Waals surface area contributed by atoms with E-state index in [0.717, 1.165) is 11.6 Å². The molecule has 4 heterocycles. The van der Waals surface area contributed by atoms with Crippen molar-refractivity contribution in [3.05, 3.63) is 42.7 Å². The van der Waals surface area contributed by atoms with Crippen LogP contribution >= 0.6 is 0 Å². The van der Waals surface area contributed by atoms with Crippen LogP contribution in [0.3, 0.4) is 0 Å². The average molecular weight is 365 g/mol. The zero-order valence-corrected chi connectivity index (χ0v) is 15.1. The molecule has 0 fully saturated rings. The van der Waals surface area contributed by atoms with Gasteiger partial charge in [-0.3, -0.25) is 9.08 Å². The molecule has 0 saturated heterocycles. The second-order valence-corrected chi connectivity index (χ2v) is 5.80. The Hall–Kier alpha value is -3.40. The van der Waals surface area contributed by atoms with Gasteiger partial charge in [-0.2, -0.15) is 5.10 Å². The Morgan fingerprint density at radius 1 is 1.11 bits per heavy atom. The highest BCUT2D eigenvalue weighted by molar-refractivity contribution is 5.61. The SMILES string of the molecule is CCOCCc1nnc2cc(-c3ccnc(Nc4ccnn4C)n3)ncn12. The second-order valence-electron chi connectivity index (χ2n) is 5.80. The third kappa shape index (κ3) is 3.60. The van der Waals surface area contributed by atoms with Gasteiger partial charge in [0.2, 0.25) is 5.95 Å². The Labute approximate surface area is 155 Å². The van der Waals surface area contributed by atoms with E-state index in [4.69, 9.17) is 4.74 Å². The molecule has 0 amide bonds. The van der Waals surface area contributed by atoms with Crippen LogP contribution in [0.2, 0.25) is 0 Å². The van der Waals surface area contributed by atoms with Crippen LogP contribution in [0.15, 0.2) is 36.9 Å². The quantitative estimate of drug-likeness (QED) is 0.492. The minimum Gasteiger partial charge on any atom is -0.381 e.